The number of aromatic nitrogens is 1. The molecule has 2 aliphatic rings. The fourth-order valence-electron chi connectivity index (χ4n) is 5.72. The van der Waals surface area contributed by atoms with Crippen LogP contribution in [0.2, 0.25) is 0 Å². The standard InChI is InChI=1S/C38H42N6O6S/c39-32(20-29-23-51-24-41-29)37(47)40-16-3-1-2-4-17-49-31-7-5-6-28(19-31)42-36(46)26-10-8-25(9-11-26)21-44(30-13-14-30)38(48)27-12-15-33-34(18-27)50-22-35(45)43-33/h5-12,15,18-19,23-24,30,32H,1-4,13-14,16-17,20-22,39H2,(H,40,47)(H,42,46)(H,43,45). The smallest absolute Gasteiger partial charge is 0.262 e. The van der Waals surface area contributed by atoms with Gasteiger partial charge < -0.3 is 36.1 Å². The SMILES string of the molecule is NC(Cc1cscn1)C(=O)NCCCCCCOc1cccc(NC(=O)c2ccc(CN(C(=O)c3ccc4c(c3)OCC(=O)N4)C3CC3)cc2)c1. The predicted octanol–water partition coefficient (Wildman–Crippen LogP) is 5.16. The minimum Gasteiger partial charge on any atom is -0.494 e. The number of thiazole rings is 1. The molecule has 1 aliphatic carbocycles. The summed E-state index contributed by atoms with van der Waals surface area (Å²) in [5, 5.41) is 10.5. The molecule has 12 nitrogen and oxygen atoms in total. The maximum Gasteiger partial charge on any atom is 0.262 e. The van der Waals surface area contributed by atoms with E-state index in [0.29, 0.717) is 60.1 Å². The molecule has 1 fully saturated rings. The van der Waals surface area contributed by atoms with Crippen LogP contribution in [0, 0.1) is 0 Å². The number of hydrogen-bond donors (Lipinski definition) is 4. The van der Waals surface area contributed by atoms with E-state index < -0.39 is 6.04 Å². The van der Waals surface area contributed by atoms with Crippen molar-refractivity contribution in [3.05, 3.63) is 100 Å². The van der Waals surface area contributed by atoms with Gasteiger partial charge in [0, 0.05) is 53.8 Å². The normalized spacial score (nSPS) is 14.0. The first-order chi connectivity index (χ1) is 24.8. The average molecular weight is 711 g/mol. The van der Waals surface area contributed by atoms with Crippen LogP contribution in [0.4, 0.5) is 11.4 Å². The van der Waals surface area contributed by atoms with E-state index in [-0.39, 0.29) is 36.3 Å². The van der Waals surface area contributed by atoms with E-state index in [9.17, 15) is 19.2 Å². The molecule has 1 aliphatic heterocycles. The van der Waals surface area contributed by atoms with E-state index in [2.05, 4.69) is 20.9 Å². The van der Waals surface area contributed by atoms with Crippen LogP contribution in [0.3, 0.4) is 0 Å². The van der Waals surface area contributed by atoms with Crippen LogP contribution in [0.25, 0.3) is 0 Å². The van der Waals surface area contributed by atoms with Crippen molar-refractivity contribution in [1.29, 1.82) is 0 Å². The Morgan fingerprint density at radius 2 is 1.82 bits per heavy atom. The summed E-state index contributed by atoms with van der Waals surface area (Å²) in [6.45, 7) is 1.47. The van der Waals surface area contributed by atoms with E-state index >= 15 is 0 Å². The Morgan fingerprint density at radius 1 is 1.02 bits per heavy atom. The summed E-state index contributed by atoms with van der Waals surface area (Å²) >= 11 is 1.49. The monoisotopic (exact) mass is 710 g/mol. The van der Waals surface area contributed by atoms with Gasteiger partial charge in [0.25, 0.3) is 17.7 Å². The number of amides is 4. The summed E-state index contributed by atoms with van der Waals surface area (Å²) in [5.41, 5.74) is 11.6. The number of anilines is 2. The third-order valence-corrected chi connectivity index (χ3v) is 9.29. The molecule has 0 spiro atoms. The summed E-state index contributed by atoms with van der Waals surface area (Å²) in [7, 11) is 0. The van der Waals surface area contributed by atoms with E-state index in [1.165, 1.54) is 11.3 Å². The molecule has 0 bridgehead atoms. The number of fused-ring (bicyclic) bond motifs is 1. The maximum absolute atomic E-state index is 13.5. The van der Waals surface area contributed by atoms with Crippen LogP contribution in [0.1, 0.15) is 70.5 Å². The van der Waals surface area contributed by atoms with Crippen molar-refractivity contribution in [2.45, 2.75) is 63.6 Å². The van der Waals surface area contributed by atoms with Crippen molar-refractivity contribution in [3.8, 4) is 11.5 Å². The largest absolute Gasteiger partial charge is 0.494 e. The lowest BCUT2D eigenvalue weighted by molar-refractivity contribution is -0.122. The van der Waals surface area contributed by atoms with Gasteiger partial charge in [-0.1, -0.05) is 31.0 Å². The number of ether oxygens (including phenoxy) is 2. The molecular formula is C38H42N6O6S. The summed E-state index contributed by atoms with van der Waals surface area (Å²) in [6, 6.07) is 19.2. The number of carbonyl (C=O) groups excluding carboxylic acids is 4. The minimum absolute atomic E-state index is 0.0750. The molecule has 51 heavy (non-hydrogen) atoms. The van der Waals surface area contributed by atoms with Crippen molar-refractivity contribution in [2.24, 2.45) is 5.73 Å². The summed E-state index contributed by atoms with van der Waals surface area (Å²) in [4.78, 5) is 56.3. The van der Waals surface area contributed by atoms with Crippen LogP contribution in [0.5, 0.6) is 11.5 Å². The van der Waals surface area contributed by atoms with Gasteiger partial charge >= 0.3 is 0 Å². The number of nitrogens with one attached hydrogen (secondary N) is 3. The highest BCUT2D eigenvalue weighted by Gasteiger charge is 2.33. The molecule has 1 saturated carbocycles. The quantitative estimate of drug-likeness (QED) is 0.109. The van der Waals surface area contributed by atoms with Gasteiger partial charge in [0.05, 0.1) is 29.5 Å². The van der Waals surface area contributed by atoms with Gasteiger partial charge in [0.2, 0.25) is 5.91 Å². The predicted molar refractivity (Wildman–Crippen MR) is 195 cm³/mol. The Hall–Kier alpha value is -5.27. The first-order valence-corrected chi connectivity index (χ1v) is 18.2. The Balaban J connectivity index is 0.908. The number of nitrogens with zero attached hydrogens (tertiary/aromatic N) is 2. The zero-order valence-electron chi connectivity index (χ0n) is 28.3. The number of hydrogen-bond acceptors (Lipinski definition) is 9. The molecule has 4 aromatic rings. The van der Waals surface area contributed by atoms with Crippen LogP contribution in [-0.2, 0) is 22.6 Å². The van der Waals surface area contributed by atoms with Gasteiger partial charge in [-0.05, 0) is 73.7 Å². The molecular weight excluding hydrogens is 669 g/mol. The molecule has 3 aromatic carbocycles. The van der Waals surface area contributed by atoms with Crippen LogP contribution in [0.15, 0.2) is 77.6 Å². The highest BCUT2D eigenvalue weighted by Crippen LogP contribution is 2.33. The fourth-order valence-corrected chi connectivity index (χ4v) is 6.29. The second-order valence-electron chi connectivity index (χ2n) is 12.7. The van der Waals surface area contributed by atoms with Gasteiger partial charge in [-0.3, -0.25) is 19.2 Å². The van der Waals surface area contributed by atoms with Crippen molar-refractivity contribution in [1.82, 2.24) is 15.2 Å². The molecule has 2 heterocycles. The number of benzene rings is 3. The highest BCUT2D eigenvalue weighted by molar-refractivity contribution is 7.07. The second kappa shape index (κ2) is 17.1. The summed E-state index contributed by atoms with van der Waals surface area (Å²) in [6.07, 6.45) is 5.98. The maximum atomic E-state index is 13.5. The van der Waals surface area contributed by atoms with E-state index in [1.54, 1.807) is 41.9 Å². The van der Waals surface area contributed by atoms with Crippen molar-refractivity contribution >= 4 is 46.3 Å². The lowest BCUT2D eigenvalue weighted by Crippen LogP contribution is -2.42. The highest BCUT2D eigenvalue weighted by atomic mass is 32.1. The molecule has 1 unspecified atom stereocenters. The van der Waals surface area contributed by atoms with Crippen molar-refractivity contribution in [2.75, 3.05) is 30.4 Å². The molecule has 5 N–H and O–H groups in total. The Kier molecular flexibility index (Phi) is 11.9. The molecule has 266 valence electrons. The van der Waals surface area contributed by atoms with Gasteiger partial charge in [-0.2, -0.15) is 0 Å². The third kappa shape index (κ3) is 10.1. The zero-order chi connectivity index (χ0) is 35.6. The molecule has 1 atom stereocenters. The first kappa shape index (κ1) is 35.6. The lowest BCUT2D eigenvalue weighted by atomic mass is 10.1. The zero-order valence-corrected chi connectivity index (χ0v) is 29.1. The minimum atomic E-state index is -0.592. The summed E-state index contributed by atoms with van der Waals surface area (Å²) in [5.74, 6) is 0.435. The Labute approximate surface area is 300 Å². The molecule has 0 saturated heterocycles. The lowest BCUT2D eigenvalue weighted by Gasteiger charge is -2.24. The number of unbranched alkanes of at least 4 members (excludes halogenated alkanes) is 3. The summed E-state index contributed by atoms with van der Waals surface area (Å²) < 4.78 is 11.4. The number of nitrogens with two attached hydrogens (primary N) is 1. The van der Waals surface area contributed by atoms with Crippen molar-refractivity contribution in [3.63, 3.8) is 0 Å². The van der Waals surface area contributed by atoms with E-state index in [1.807, 2.05) is 40.6 Å². The molecule has 6 rings (SSSR count). The Morgan fingerprint density at radius 3 is 2.61 bits per heavy atom. The van der Waals surface area contributed by atoms with Gasteiger partial charge in [0.15, 0.2) is 6.61 Å². The number of rotatable bonds is 17. The van der Waals surface area contributed by atoms with Crippen LogP contribution < -0.4 is 31.2 Å². The van der Waals surface area contributed by atoms with E-state index in [4.69, 9.17) is 15.2 Å². The van der Waals surface area contributed by atoms with Gasteiger partial charge in [0.1, 0.15) is 11.5 Å². The van der Waals surface area contributed by atoms with Crippen LogP contribution >= 0.6 is 11.3 Å². The third-order valence-electron chi connectivity index (χ3n) is 8.66. The van der Waals surface area contributed by atoms with Crippen molar-refractivity contribution < 1.29 is 28.7 Å². The topological polar surface area (TPSA) is 165 Å². The Bertz CT molecular complexity index is 1830. The molecule has 0 radical (unpaired) electrons. The van der Waals surface area contributed by atoms with Crippen LogP contribution in [-0.4, -0.2) is 65.4 Å². The van der Waals surface area contributed by atoms with Gasteiger partial charge in [-0.15, -0.1) is 11.3 Å². The average Bonchev–Trinajstić information content (AvgIpc) is 3.86. The molecule has 4 amide bonds. The second-order valence-corrected chi connectivity index (χ2v) is 13.5. The molecule has 1 aromatic heterocycles. The van der Waals surface area contributed by atoms with Gasteiger partial charge in [-0.25, -0.2) is 4.98 Å². The number of carbonyl (C=O) groups is 4. The molecule has 13 heteroatoms. The first-order valence-electron chi connectivity index (χ1n) is 17.2. The van der Waals surface area contributed by atoms with E-state index in [0.717, 1.165) is 49.8 Å². The fraction of sp³-hybridized carbons (Fsp3) is 0.342.